The number of nitrogens with zero attached hydrogens (tertiary/aromatic N) is 5. The highest BCUT2D eigenvalue weighted by Crippen LogP contribution is 2.30. The van der Waals surface area contributed by atoms with Crippen molar-refractivity contribution in [3.8, 4) is 11.1 Å². The molecule has 4 aromatic rings. The second kappa shape index (κ2) is 11.4. The molecular formula is C30H32ClFN6O2. The van der Waals surface area contributed by atoms with E-state index in [0.29, 0.717) is 23.6 Å². The summed E-state index contributed by atoms with van der Waals surface area (Å²) in [6, 6.07) is 14.1. The van der Waals surface area contributed by atoms with Gasteiger partial charge in [-0.25, -0.2) is 9.37 Å². The Morgan fingerprint density at radius 1 is 1.10 bits per heavy atom. The van der Waals surface area contributed by atoms with Crippen LogP contribution in [0.4, 0.5) is 21.7 Å². The number of hydrogen-bond donors (Lipinski definition) is 1. The van der Waals surface area contributed by atoms with E-state index in [1.165, 1.54) is 37.1 Å². The summed E-state index contributed by atoms with van der Waals surface area (Å²) in [6.07, 6.45) is 6.30. The lowest BCUT2D eigenvalue weighted by Gasteiger charge is -2.28. The van der Waals surface area contributed by atoms with Gasteiger partial charge in [0.15, 0.2) is 5.65 Å². The van der Waals surface area contributed by atoms with Crippen LogP contribution in [-0.4, -0.2) is 59.4 Å². The van der Waals surface area contributed by atoms with Crippen LogP contribution in [0.3, 0.4) is 0 Å². The fourth-order valence-electron chi connectivity index (χ4n) is 5.56. The van der Waals surface area contributed by atoms with Crippen LogP contribution in [0.25, 0.3) is 22.2 Å². The highest BCUT2D eigenvalue weighted by atomic mass is 35.5. The molecule has 8 nitrogen and oxygen atoms in total. The number of piperidine rings is 1. The van der Waals surface area contributed by atoms with Gasteiger partial charge in [0.25, 0.3) is 5.56 Å². The third-order valence-corrected chi connectivity index (χ3v) is 8.02. The maximum absolute atomic E-state index is 14.9. The molecule has 2 fully saturated rings. The van der Waals surface area contributed by atoms with Crippen molar-refractivity contribution in [1.82, 2.24) is 19.6 Å². The van der Waals surface area contributed by atoms with Crippen LogP contribution >= 0.6 is 11.6 Å². The number of rotatable bonds is 7. The average molecular weight is 563 g/mol. The third-order valence-electron chi connectivity index (χ3n) is 7.71. The van der Waals surface area contributed by atoms with Gasteiger partial charge < -0.3 is 20.0 Å². The molecule has 208 valence electrons. The molecule has 0 saturated carbocycles. The zero-order valence-electron chi connectivity index (χ0n) is 22.4. The Labute approximate surface area is 237 Å². The number of anilines is 3. The van der Waals surface area contributed by atoms with E-state index < -0.39 is 11.4 Å². The highest BCUT2D eigenvalue weighted by molar-refractivity contribution is 6.33. The van der Waals surface area contributed by atoms with Gasteiger partial charge in [-0.3, -0.25) is 4.79 Å². The fraction of sp³-hybridized carbons (Fsp3) is 0.367. The van der Waals surface area contributed by atoms with E-state index in [0.717, 1.165) is 43.0 Å². The van der Waals surface area contributed by atoms with Crippen molar-refractivity contribution in [2.24, 2.45) is 5.92 Å². The predicted molar refractivity (Wildman–Crippen MR) is 157 cm³/mol. The minimum Gasteiger partial charge on any atom is -0.408 e. The normalized spacial score (nSPS) is 17.9. The first kappa shape index (κ1) is 26.5. The molecule has 40 heavy (non-hydrogen) atoms. The van der Waals surface area contributed by atoms with Crippen LogP contribution in [0.5, 0.6) is 0 Å². The summed E-state index contributed by atoms with van der Waals surface area (Å²) < 4.78 is 16.0. The molecule has 4 heterocycles. The van der Waals surface area contributed by atoms with Gasteiger partial charge in [-0.2, -0.15) is 4.98 Å². The van der Waals surface area contributed by atoms with Gasteiger partial charge in [-0.1, -0.05) is 17.7 Å². The van der Waals surface area contributed by atoms with Crippen LogP contribution < -0.4 is 20.6 Å². The zero-order valence-corrected chi connectivity index (χ0v) is 23.2. The van der Waals surface area contributed by atoms with Gasteiger partial charge in [0.05, 0.1) is 10.6 Å². The maximum Gasteiger partial charge on any atom is 0.293 e. The summed E-state index contributed by atoms with van der Waals surface area (Å²) >= 11 is 6.33. The van der Waals surface area contributed by atoms with E-state index >= 15 is 0 Å². The number of benzene rings is 2. The number of halogens is 2. The van der Waals surface area contributed by atoms with Crippen LogP contribution in [0.2, 0.25) is 5.02 Å². The molecule has 0 radical (unpaired) electrons. The second-order valence-corrected chi connectivity index (χ2v) is 11.1. The number of fused-ring (bicyclic) bond motifs is 1. The van der Waals surface area contributed by atoms with Crippen molar-refractivity contribution in [2.45, 2.75) is 25.7 Å². The van der Waals surface area contributed by atoms with E-state index in [1.807, 2.05) is 12.1 Å². The SMILES string of the molecule is CN1CC[C@H](COn2c(=O)c(-c3c(F)cccc3Cl)cc3cnc(Nc4ccc(N5CCCCC5)cc4)nc32)C1. The molecule has 0 bridgehead atoms. The van der Waals surface area contributed by atoms with Crippen molar-refractivity contribution in [3.05, 3.63) is 75.9 Å². The first-order valence-corrected chi connectivity index (χ1v) is 14.1. The minimum absolute atomic E-state index is 0.0324. The molecule has 6 rings (SSSR count). The Morgan fingerprint density at radius 3 is 2.62 bits per heavy atom. The lowest BCUT2D eigenvalue weighted by atomic mass is 10.1. The lowest BCUT2D eigenvalue weighted by molar-refractivity contribution is 0.0833. The van der Waals surface area contributed by atoms with Gasteiger partial charge >= 0.3 is 0 Å². The smallest absolute Gasteiger partial charge is 0.293 e. The fourth-order valence-corrected chi connectivity index (χ4v) is 5.83. The Morgan fingerprint density at radius 2 is 1.90 bits per heavy atom. The van der Waals surface area contributed by atoms with Crippen molar-refractivity contribution in [1.29, 1.82) is 0 Å². The third kappa shape index (κ3) is 5.48. The van der Waals surface area contributed by atoms with E-state index in [1.54, 1.807) is 18.3 Å². The summed E-state index contributed by atoms with van der Waals surface area (Å²) in [5, 5.41) is 3.92. The van der Waals surface area contributed by atoms with Gasteiger partial charge in [-0.15, -0.1) is 4.73 Å². The summed E-state index contributed by atoms with van der Waals surface area (Å²) in [7, 11) is 2.06. The van der Waals surface area contributed by atoms with Crippen LogP contribution in [0.1, 0.15) is 25.7 Å². The van der Waals surface area contributed by atoms with Gasteiger partial charge in [-0.05, 0) is 81.7 Å². The number of hydrogen-bond acceptors (Lipinski definition) is 7. The summed E-state index contributed by atoms with van der Waals surface area (Å²) in [6.45, 7) is 4.34. The van der Waals surface area contributed by atoms with Crippen LogP contribution in [0.15, 0.2) is 59.5 Å². The van der Waals surface area contributed by atoms with Crippen molar-refractivity contribution < 1.29 is 9.23 Å². The Balaban J connectivity index is 1.34. The monoisotopic (exact) mass is 562 g/mol. The largest absolute Gasteiger partial charge is 0.408 e. The van der Waals surface area contributed by atoms with Crippen LogP contribution in [0, 0.1) is 11.7 Å². The molecule has 2 aromatic carbocycles. The topological polar surface area (TPSA) is 75.5 Å². The van der Waals surface area contributed by atoms with Crippen molar-refractivity contribution in [2.75, 3.05) is 50.1 Å². The number of likely N-dealkylation sites (tertiary alicyclic amines) is 1. The van der Waals surface area contributed by atoms with Gasteiger partial charge in [0, 0.05) is 54.1 Å². The molecule has 0 spiro atoms. The zero-order chi connectivity index (χ0) is 27.6. The van der Waals surface area contributed by atoms with Gasteiger partial charge in [0.1, 0.15) is 12.4 Å². The molecule has 1 N–H and O–H groups in total. The Hall–Kier alpha value is -3.69. The van der Waals surface area contributed by atoms with Crippen LogP contribution in [-0.2, 0) is 0 Å². The van der Waals surface area contributed by atoms with Crippen molar-refractivity contribution >= 4 is 40.0 Å². The van der Waals surface area contributed by atoms with E-state index in [-0.39, 0.29) is 22.1 Å². The average Bonchev–Trinajstić information content (AvgIpc) is 3.38. The number of nitrogens with one attached hydrogen (secondary N) is 1. The molecule has 2 aliphatic heterocycles. The second-order valence-electron chi connectivity index (χ2n) is 10.7. The number of pyridine rings is 1. The summed E-state index contributed by atoms with van der Waals surface area (Å²) in [5.41, 5.74) is 1.93. The molecule has 0 amide bonds. The molecule has 2 saturated heterocycles. The molecule has 1 atom stereocenters. The van der Waals surface area contributed by atoms with Gasteiger partial charge in [0.2, 0.25) is 5.95 Å². The maximum atomic E-state index is 14.9. The van der Waals surface area contributed by atoms with E-state index in [2.05, 4.69) is 44.3 Å². The molecule has 10 heteroatoms. The molecule has 0 unspecified atom stereocenters. The lowest BCUT2D eigenvalue weighted by Crippen LogP contribution is -2.32. The molecule has 0 aliphatic carbocycles. The summed E-state index contributed by atoms with van der Waals surface area (Å²) in [5.74, 6) is 0.0119. The first-order chi connectivity index (χ1) is 19.5. The standard InChI is InChI=1S/C30H32ClFN6O2/c1-36-15-12-20(18-36)19-40-38-28-21(16-24(29(38)39)27-25(31)6-5-7-26(27)32)17-33-30(35-28)34-22-8-10-23(11-9-22)37-13-3-2-4-14-37/h5-11,16-17,20H,2-4,12-15,18-19H2,1H3,(H,33,34,35)/t20-/m0/s1. The van der Waals surface area contributed by atoms with E-state index in [4.69, 9.17) is 16.4 Å². The minimum atomic E-state index is -0.583. The first-order valence-electron chi connectivity index (χ1n) is 13.8. The molecule has 2 aliphatic rings. The molecular weight excluding hydrogens is 531 g/mol. The molecule has 2 aromatic heterocycles. The predicted octanol–water partition coefficient (Wildman–Crippen LogP) is 5.37. The number of aromatic nitrogens is 3. The summed E-state index contributed by atoms with van der Waals surface area (Å²) in [4.78, 5) is 33.6. The Bertz CT molecular complexity index is 1550. The highest BCUT2D eigenvalue weighted by Gasteiger charge is 2.23. The van der Waals surface area contributed by atoms with Crippen molar-refractivity contribution in [3.63, 3.8) is 0 Å². The Kier molecular flexibility index (Phi) is 7.58. The quantitative estimate of drug-likeness (QED) is 0.325. The van der Waals surface area contributed by atoms with E-state index in [9.17, 15) is 9.18 Å².